The lowest BCUT2D eigenvalue weighted by Crippen LogP contribution is -2.08. The van der Waals surface area contributed by atoms with E-state index in [0.717, 1.165) is 11.4 Å². The lowest BCUT2D eigenvalue weighted by Gasteiger charge is -2.07. The van der Waals surface area contributed by atoms with Crippen LogP contribution in [0.3, 0.4) is 0 Å². The Morgan fingerprint density at radius 2 is 1.75 bits per heavy atom. The van der Waals surface area contributed by atoms with Gasteiger partial charge in [0.1, 0.15) is 0 Å². The molecule has 76 valence electrons. The van der Waals surface area contributed by atoms with Gasteiger partial charge in [-0.25, -0.2) is 4.99 Å². The van der Waals surface area contributed by atoms with Crippen LogP contribution in [0, 0.1) is 0 Å². The smallest absolute Gasteiger partial charge is 0.0968 e. The van der Waals surface area contributed by atoms with Crippen LogP contribution in [0.2, 0.25) is 0 Å². The predicted octanol–water partition coefficient (Wildman–Crippen LogP) is 3.29. The summed E-state index contributed by atoms with van der Waals surface area (Å²) in [7, 11) is 0. The predicted molar refractivity (Wildman–Crippen MR) is 65.4 cm³/mol. The van der Waals surface area contributed by atoms with Crippen molar-refractivity contribution >= 4 is 17.1 Å². The van der Waals surface area contributed by atoms with Gasteiger partial charge in [-0.15, -0.1) is 0 Å². The molecule has 2 aliphatic heterocycles. The first-order valence-electron chi connectivity index (χ1n) is 5.47. The maximum Gasteiger partial charge on any atom is 0.0968 e. The number of benzene rings is 2. The Morgan fingerprint density at radius 1 is 0.938 bits per heavy atom. The van der Waals surface area contributed by atoms with Crippen LogP contribution in [0.15, 0.2) is 53.5 Å². The second-order valence-corrected chi connectivity index (χ2v) is 4.18. The van der Waals surface area contributed by atoms with Gasteiger partial charge in [-0.3, -0.25) is 0 Å². The summed E-state index contributed by atoms with van der Waals surface area (Å²) in [6.07, 6.45) is 0. The summed E-state index contributed by atoms with van der Waals surface area (Å²) in [5, 5.41) is 3.52. The van der Waals surface area contributed by atoms with Crippen LogP contribution < -0.4 is 5.32 Å². The van der Waals surface area contributed by atoms with Gasteiger partial charge < -0.3 is 5.32 Å². The summed E-state index contributed by atoms with van der Waals surface area (Å²) in [6, 6.07) is 17.0. The fraction of sp³-hybridized carbons (Fsp3) is 0.0714. The number of hydrogen-bond acceptors (Lipinski definition) is 2. The highest BCUT2D eigenvalue weighted by atomic mass is 15.0. The van der Waals surface area contributed by atoms with Crippen LogP contribution in [-0.2, 0) is 0 Å². The number of fused-ring (bicyclic) bond motifs is 5. The lowest BCUT2D eigenvalue weighted by molar-refractivity contribution is 1.10. The van der Waals surface area contributed by atoms with Crippen molar-refractivity contribution in [2.75, 3.05) is 5.32 Å². The van der Waals surface area contributed by atoms with Crippen molar-refractivity contribution < 1.29 is 0 Å². The van der Waals surface area contributed by atoms with Gasteiger partial charge in [0, 0.05) is 16.8 Å². The Hall–Kier alpha value is -2.09. The SMILES string of the molecule is c1ccc2c(c1)N=C1c3ccccc3NC12. The number of para-hydroxylation sites is 2. The third-order valence-corrected chi connectivity index (χ3v) is 3.26. The fourth-order valence-electron chi connectivity index (χ4n) is 2.52. The van der Waals surface area contributed by atoms with Gasteiger partial charge in [0.25, 0.3) is 0 Å². The molecule has 0 bridgehead atoms. The third-order valence-electron chi connectivity index (χ3n) is 3.26. The summed E-state index contributed by atoms with van der Waals surface area (Å²) < 4.78 is 0. The minimum absolute atomic E-state index is 0.258. The van der Waals surface area contributed by atoms with E-state index in [4.69, 9.17) is 4.99 Å². The van der Waals surface area contributed by atoms with E-state index >= 15 is 0 Å². The molecule has 1 atom stereocenters. The molecule has 2 heterocycles. The monoisotopic (exact) mass is 206 g/mol. The van der Waals surface area contributed by atoms with E-state index < -0.39 is 0 Å². The maximum absolute atomic E-state index is 4.71. The molecule has 4 rings (SSSR count). The topological polar surface area (TPSA) is 24.4 Å². The number of anilines is 1. The van der Waals surface area contributed by atoms with Crippen LogP contribution in [0.25, 0.3) is 0 Å². The molecular formula is C14H10N2. The summed E-state index contributed by atoms with van der Waals surface area (Å²) >= 11 is 0. The van der Waals surface area contributed by atoms with Crippen molar-refractivity contribution in [3.63, 3.8) is 0 Å². The van der Waals surface area contributed by atoms with Crippen molar-refractivity contribution in [3.8, 4) is 0 Å². The summed E-state index contributed by atoms with van der Waals surface area (Å²) in [5.74, 6) is 0. The largest absolute Gasteiger partial charge is 0.372 e. The molecule has 1 N–H and O–H groups in total. The average molecular weight is 206 g/mol. The molecule has 0 spiro atoms. The lowest BCUT2D eigenvalue weighted by atomic mass is 10.0. The molecule has 2 aliphatic rings. The zero-order valence-electron chi connectivity index (χ0n) is 8.64. The van der Waals surface area contributed by atoms with Crippen LogP contribution in [0.1, 0.15) is 17.2 Å². The van der Waals surface area contributed by atoms with E-state index in [0.29, 0.717) is 0 Å². The minimum atomic E-state index is 0.258. The quantitative estimate of drug-likeness (QED) is 0.702. The summed E-state index contributed by atoms with van der Waals surface area (Å²) in [6.45, 7) is 0. The van der Waals surface area contributed by atoms with Gasteiger partial charge in [-0.1, -0.05) is 36.4 Å². The van der Waals surface area contributed by atoms with Crippen LogP contribution in [0.5, 0.6) is 0 Å². The molecule has 0 aliphatic carbocycles. The fourth-order valence-corrected chi connectivity index (χ4v) is 2.52. The zero-order valence-corrected chi connectivity index (χ0v) is 8.64. The molecule has 16 heavy (non-hydrogen) atoms. The second kappa shape index (κ2) is 2.73. The van der Waals surface area contributed by atoms with Crippen molar-refractivity contribution in [2.45, 2.75) is 6.04 Å². The van der Waals surface area contributed by atoms with E-state index in [1.54, 1.807) is 0 Å². The second-order valence-electron chi connectivity index (χ2n) is 4.18. The molecule has 2 aromatic rings. The highest BCUT2D eigenvalue weighted by molar-refractivity contribution is 6.17. The number of nitrogens with one attached hydrogen (secondary N) is 1. The standard InChI is InChI=1S/C14H10N2/c1-3-7-11-9(5-1)13-14(15-11)10-6-2-4-8-12(10)16-13/h1-8,13,16H. The highest BCUT2D eigenvalue weighted by Crippen LogP contribution is 2.43. The van der Waals surface area contributed by atoms with Gasteiger partial charge in [-0.05, 0) is 12.1 Å². The van der Waals surface area contributed by atoms with Crippen molar-refractivity contribution in [1.82, 2.24) is 0 Å². The van der Waals surface area contributed by atoms with Gasteiger partial charge >= 0.3 is 0 Å². The molecular weight excluding hydrogens is 196 g/mol. The van der Waals surface area contributed by atoms with Crippen molar-refractivity contribution in [1.29, 1.82) is 0 Å². The maximum atomic E-state index is 4.71. The van der Waals surface area contributed by atoms with E-state index in [-0.39, 0.29) is 6.04 Å². The van der Waals surface area contributed by atoms with Gasteiger partial charge in [0.15, 0.2) is 0 Å². The molecule has 0 saturated carbocycles. The molecule has 0 radical (unpaired) electrons. The van der Waals surface area contributed by atoms with Crippen LogP contribution in [0.4, 0.5) is 11.4 Å². The molecule has 0 amide bonds. The first kappa shape index (κ1) is 8.11. The van der Waals surface area contributed by atoms with E-state index in [9.17, 15) is 0 Å². The zero-order chi connectivity index (χ0) is 10.5. The van der Waals surface area contributed by atoms with Gasteiger partial charge in [-0.2, -0.15) is 0 Å². The summed E-state index contributed by atoms with van der Waals surface area (Å²) in [5.41, 5.74) is 5.99. The Morgan fingerprint density at radius 3 is 2.75 bits per heavy atom. The highest BCUT2D eigenvalue weighted by Gasteiger charge is 2.34. The first-order chi connectivity index (χ1) is 7.93. The Kier molecular flexibility index (Phi) is 1.38. The number of hydrogen-bond donors (Lipinski definition) is 1. The minimum Gasteiger partial charge on any atom is -0.372 e. The molecule has 2 aromatic carbocycles. The Balaban J connectivity index is 1.96. The normalized spacial score (nSPS) is 19.5. The van der Waals surface area contributed by atoms with Crippen LogP contribution in [-0.4, -0.2) is 5.71 Å². The first-order valence-corrected chi connectivity index (χ1v) is 5.47. The Labute approximate surface area is 93.7 Å². The molecule has 0 fully saturated rings. The van der Waals surface area contributed by atoms with Crippen molar-refractivity contribution in [3.05, 3.63) is 59.7 Å². The van der Waals surface area contributed by atoms with E-state index in [1.807, 2.05) is 6.07 Å². The molecule has 1 unspecified atom stereocenters. The molecule has 2 heteroatoms. The number of aliphatic imine (C=N–C) groups is 1. The number of rotatable bonds is 0. The molecule has 2 nitrogen and oxygen atoms in total. The Bertz CT molecular complexity index is 614. The summed E-state index contributed by atoms with van der Waals surface area (Å²) in [4.78, 5) is 4.71. The van der Waals surface area contributed by atoms with Crippen LogP contribution >= 0.6 is 0 Å². The number of nitrogens with zero attached hydrogens (tertiary/aromatic N) is 1. The third kappa shape index (κ3) is 0.890. The van der Waals surface area contributed by atoms with Crippen molar-refractivity contribution in [2.24, 2.45) is 4.99 Å². The van der Waals surface area contributed by atoms with Gasteiger partial charge in [0.2, 0.25) is 0 Å². The van der Waals surface area contributed by atoms with E-state index in [1.165, 1.54) is 16.8 Å². The average Bonchev–Trinajstić information content (AvgIpc) is 2.85. The molecule has 0 saturated heterocycles. The van der Waals surface area contributed by atoms with E-state index in [2.05, 4.69) is 47.8 Å². The van der Waals surface area contributed by atoms with Gasteiger partial charge in [0.05, 0.1) is 17.4 Å². The molecule has 0 aromatic heterocycles.